The highest BCUT2D eigenvalue weighted by Gasteiger charge is 2.16. The molecule has 148 valence electrons. The van der Waals surface area contributed by atoms with Crippen LogP contribution >= 0.6 is 45.8 Å². The van der Waals surface area contributed by atoms with Gasteiger partial charge >= 0.3 is 0 Å². The molecule has 12 heteroatoms. The molecule has 0 fully saturated rings. The van der Waals surface area contributed by atoms with Gasteiger partial charge in [-0.15, -0.1) is 43.1 Å². The molecule has 0 saturated heterocycles. The lowest BCUT2D eigenvalue weighted by atomic mass is 10.3. The molecule has 0 atom stereocenters. The number of hydrogen-bond donors (Lipinski definition) is 1. The Morgan fingerprint density at radius 3 is 2.93 bits per heavy atom. The third-order valence-corrected chi connectivity index (χ3v) is 8.19. The average molecular weight is 462 g/mol. The summed E-state index contributed by atoms with van der Waals surface area (Å²) in [7, 11) is 1.72. The quantitative estimate of drug-likeness (QED) is 0.371. The van der Waals surface area contributed by atoms with E-state index in [1.54, 1.807) is 34.7 Å². The number of aryl methyl sites for hydroxylation is 1. The van der Waals surface area contributed by atoms with Crippen LogP contribution in [0.3, 0.4) is 0 Å². The van der Waals surface area contributed by atoms with E-state index in [0.29, 0.717) is 16.2 Å². The van der Waals surface area contributed by atoms with Crippen molar-refractivity contribution in [1.82, 2.24) is 29.4 Å². The highest BCUT2D eigenvalue weighted by molar-refractivity contribution is 8.00. The lowest BCUT2D eigenvalue weighted by Crippen LogP contribution is -2.19. The molecule has 1 N–H and O–H groups in total. The van der Waals surface area contributed by atoms with E-state index in [4.69, 9.17) is 0 Å². The highest BCUT2D eigenvalue weighted by Crippen LogP contribution is 2.29. The van der Waals surface area contributed by atoms with E-state index in [-0.39, 0.29) is 5.56 Å². The fourth-order valence-electron chi connectivity index (χ4n) is 2.96. The SMILES string of the molecule is Cn1c(=O)c2sccc2n2c(CSc3nnc(NCCc4cccs4)s3)nnc12. The first-order chi connectivity index (χ1) is 14.2. The first-order valence-corrected chi connectivity index (χ1v) is 12.3. The van der Waals surface area contributed by atoms with Crippen molar-refractivity contribution in [2.45, 2.75) is 16.5 Å². The Labute approximate surface area is 181 Å². The zero-order chi connectivity index (χ0) is 19.8. The van der Waals surface area contributed by atoms with Gasteiger partial charge in [-0.1, -0.05) is 29.2 Å². The van der Waals surface area contributed by atoms with Crippen molar-refractivity contribution in [3.63, 3.8) is 0 Å². The van der Waals surface area contributed by atoms with Gasteiger partial charge in [-0.3, -0.25) is 13.8 Å². The number of hydrogen-bond acceptors (Lipinski definition) is 10. The summed E-state index contributed by atoms with van der Waals surface area (Å²) in [6.45, 7) is 0.832. The first kappa shape index (κ1) is 18.7. The van der Waals surface area contributed by atoms with Crippen molar-refractivity contribution in [1.29, 1.82) is 0 Å². The fourth-order valence-corrected chi connectivity index (χ4v) is 6.21. The third-order valence-electron chi connectivity index (χ3n) is 4.36. The Bertz CT molecular complexity index is 1330. The monoisotopic (exact) mass is 461 g/mol. The van der Waals surface area contributed by atoms with Crippen LogP contribution in [0, 0.1) is 0 Å². The van der Waals surface area contributed by atoms with Crippen LogP contribution < -0.4 is 10.9 Å². The molecule has 0 radical (unpaired) electrons. The van der Waals surface area contributed by atoms with Gasteiger partial charge in [-0.25, -0.2) is 0 Å². The number of aromatic nitrogens is 6. The van der Waals surface area contributed by atoms with E-state index >= 15 is 0 Å². The van der Waals surface area contributed by atoms with Crippen LogP contribution in [0.15, 0.2) is 38.1 Å². The van der Waals surface area contributed by atoms with Gasteiger partial charge in [0.15, 0.2) is 4.34 Å². The second-order valence-corrected chi connectivity index (χ2v) is 10.3. The largest absolute Gasteiger partial charge is 0.360 e. The molecule has 0 aliphatic heterocycles. The molecule has 8 nitrogen and oxygen atoms in total. The van der Waals surface area contributed by atoms with Crippen molar-refractivity contribution in [3.05, 3.63) is 50.0 Å². The molecule has 5 heterocycles. The van der Waals surface area contributed by atoms with Gasteiger partial charge in [0.25, 0.3) is 5.56 Å². The molecular formula is C17H15N7OS4. The minimum atomic E-state index is -0.0449. The van der Waals surface area contributed by atoms with Crippen LogP contribution in [0.25, 0.3) is 16.0 Å². The molecule has 0 aliphatic carbocycles. The molecule has 0 spiro atoms. The lowest BCUT2D eigenvalue weighted by molar-refractivity contribution is 0.860. The molecule has 0 saturated carbocycles. The number of nitrogens with one attached hydrogen (secondary N) is 1. The van der Waals surface area contributed by atoms with E-state index in [2.05, 4.69) is 43.2 Å². The highest BCUT2D eigenvalue weighted by atomic mass is 32.2. The number of nitrogens with zero attached hydrogens (tertiary/aromatic N) is 6. The summed E-state index contributed by atoms with van der Waals surface area (Å²) in [6, 6.07) is 6.14. The predicted molar refractivity (Wildman–Crippen MR) is 120 cm³/mol. The second-order valence-electron chi connectivity index (χ2n) is 6.17. The summed E-state index contributed by atoms with van der Waals surface area (Å²) in [5.41, 5.74) is 0.804. The van der Waals surface area contributed by atoms with Crippen molar-refractivity contribution in [3.8, 4) is 0 Å². The van der Waals surface area contributed by atoms with Gasteiger partial charge in [-0.2, -0.15) is 0 Å². The second kappa shape index (κ2) is 7.86. The Morgan fingerprint density at radius 2 is 2.07 bits per heavy atom. The molecule has 0 bridgehead atoms. The molecule has 0 amide bonds. The zero-order valence-electron chi connectivity index (χ0n) is 15.2. The van der Waals surface area contributed by atoms with Crippen LogP contribution in [-0.2, 0) is 19.2 Å². The van der Waals surface area contributed by atoms with Crippen molar-refractivity contribution in [2.24, 2.45) is 7.05 Å². The van der Waals surface area contributed by atoms with Crippen LogP contribution in [0.5, 0.6) is 0 Å². The summed E-state index contributed by atoms with van der Waals surface area (Å²) in [4.78, 5) is 13.8. The lowest BCUT2D eigenvalue weighted by Gasteiger charge is -2.04. The topological polar surface area (TPSA) is 90.0 Å². The van der Waals surface area contributed by atoms with Gasteiger partial charge in [0.1, 0.15) is 10.5 Å². The van der Waals surface area contributed by atoms with Crippen molar-refractivity contribution < 1.29 is 0 Å². The smallest absolute Gasteiger partial charge is 0.272 e. The fraction of sp³-hybridized carbons (Fsp3) is 0.235. The molecule has 5 rings (SSSR count). The van der Waals surface area contributed by atoms with Gasteiger partial charge < -0.3 is 5.32 Å². The van der Waals surface area contributed by atoms with E-state index in [1.807, 2.05) is 15.8 Å². The van der Waals surface area contributed by atoms with E-state index in [0.717, 1.165) is 33.8 Å². The van der Waals surface area contributed by atoms with Crippen LogP contribution in [-0.4, -0.2) is 35.9 Å². The molecule has 5 aromatic rings. The van der Waals surface area contributed by atoms with E-state index in [9.17, 15) is 4.79 Å². The first-order valence-electron chi connectivity index (χ1n) is 8.73. The molecule has 0 unspecified atom stereocenters. The van der Waals surface area contributed by atoms with Gasteiger partial charge in [0.2, 0.25) is 10.9 Å². The Morgan fingerprint density at radius 1 is 1.14 bits per heavy atom. The van der Waals surface area contributed by atoms with Gasteiger partial charge in [0.05, 0.1) is 11.3 Å². The van der Waals surface area contributed by atoms with Gasteiger partial charge in [-0.05, 0) is 29.3 Å². The number of anilines is 1. The average Bonchev–Trinajstić information content (AvgIpc) is 3.51. The Kier molecular flexibility index (Phi) is 5.08. The minimum Gasteiger partial charge on any atom is -0.360 e. The molecule has 5 aromatic heterocycles. The number of rotatable bonds is 7. The summed E-state index contributed by atoms with van der Waals surface area (Å²) >= 11 is 6.29. The van der Waals surface area contributed by atoms with Crippen LogP contribution in [0.2, 0.25) is 0 Å². The summed E-state index contributed by atoms with van der Waals surface area (Å²) < 4.78 is 5.06. The minimum absolute atomic E-state index is 0.0449. The van der Waals surface area contributed by atoms with Crippen LogP contribution in [0.4, 0.5) is 5.13 Å². The van der Waals surface area contributed by atoms with Crippen molar-refractivity contribution >= 4 is 66.9 Å². The van der Waals surface area contributed by atoms with Crippen LogP contribution in [0.1, 0.15) is 10.7 Å². The zero-order valence-corrected chi connectivity index (χ0v) is 18.5. The summed E-state index contributed by atoms with van der Waals surface area (Å²) in [5, 5.41) is 25.1. The Hall–Kier alpha value is -2.28. The maximum Gasteiger partial charge on any atom is 0.272 e. The Balaban J connectivity index is 1.30. The summed E-state index contributed by atoms with van der Waals surface area (Å²) in [6.07, 6.45) is 0.973. The van der Waals surface area contributed by atoms with E-state index in [1.165, 1.54) is 27.6 Å². The third kappa shape index (κ3) is 3.56. The molecule has 0 aliphatic rings. The number of thioether (sulfide) groups is 1. The maximum absolute atomic E-state index is 12.4. The van der Waals surface area contributed by atoms with Gasteiger partial charge in [0, 0.05) is 18.5 Å². The van der Waals surface area contributed by atoms with Crippen molar-refractivity contribution in [2.75, 3.05) is 11.9 Å². The molecular weight excluding hydrogens is 447 g/mol. The number of thiophene rings is 2. The normalized spacial score (nSPS) is 11.6. The maximum atomic E-state index is 12.4. The number of fused-ring (bicyclic) bond motifs is 3. The standard InChI is InChI=1S/C17H15N7OS4/c1-23-14(25)13-11(5-8-27-13)24-12(19-21-16(23)24)9-28-17-22-20-15(29-17)18-6-4-10-3-2-7-26-10/h2-3,5,7-8H,4,6,9H2,1H3,(H,18,20). The molecule has 0 aromatic carbocycles. The summed E-state index contributed by atoms with van der Waals surface area (Å²) in [5.74, 6) is 1.92. The molecule has 29 heavy (non-hydrogen) atoms. The predicted octanol–water partition coefficient (Wildman–Crippen LogP) is 3.50. The van der Waals surface area contributed by atoms with E-state index < -0.39 is 0 Å².